The maximum atomic E-state index is 12.4. The molecule has 0 amide bonds. The summed E-state index contributed by atoms with van der Waals surface area (Å²) in [4.78, 5) is 0.0808. The fraction of sp³-hybridized carbons (Fsp3) is 0.500. The minimum Gasteiger partial charge on any atom is -0.207 e. The van der Waals surface area contributed by atoms with Crippen LogP contribution in [0, 0.1) is 0 Å². The molecule has 0 bridgehead atoms. The van der Waals surface area contributed by atoms with Gasteiger partial charge in [-0.3, -0.25) is 0 Å². The molecule has 19 heavy (non-hydrogen) atoms. The number of halogens is 3. The Morgan fingerprint density at radius 3 is 2.00 bits per heavy atom. The van der Waals surface area contributed by atoms with E-state index in [1.165, 1.54) is 18.2 Å². The molecule has 0 spiro atoms. The van der Waals surface area contributed by atoms with E-state index >= 15 is 0 Å². The molecule has 0 atom stereocenters. The van der Waals surface area contributed by atoms with Crippen molar-refractivity contribution >= 4 is 49.2 Å². The van der Waals surface area contributed by atoms with Gasteiger partial charge >= 0.3 is 0 Å². The summed E-state index contributed by atoms with van der Waals surface area (Å²) in [5.74, 6) is 0. The third kappa shape index (κ3) is 4.33. The Labute approximate surface area is 132 Å². The molecule has 0 aliphatic carbocycles. The molecule has 0 unspecified atom stereocenters. The van der Waals surface area contributed by atoms with E-state index in [0.29, 0.717) is 28.2 Å². The summed E-state index contributed by atoms with van der Waals surface area (Å²) >= 11 is 15.1. The molecule has 0 radical (unpaired) electrons. The maximum Gasteiger partial charge on any atom is 0.241 e. The largest absolute Gasteiger partial charge is 0.241 e. The topological polar surface area (TPSA) is 46.2 Å². The highest BCUT2D eigenvalue weighted by Crippen LogP contribution is 2.25. The molecule has 108 valence electrons. The summed E-state index contributed by atoms with van der Waals surface area (Å²) < 4.78 is 27.5. The van der Waals surface area contributed by atoms with Crippen molar-refractivity contribution in [2.75, 3.05) is 5.33 Å². The van der Waals surface area contributed by atoms with E-state index in [4.69, 9.17) is 23.2 Å². The Kier molecular flexibility index (Phi) is 6.14. The van der Waals surface area contributed by atoms with E-state index in [2.05, 4.69) is 20.7 Å². The van der Waals surface area contributed by atoms with Crippen LogP contribution in [0.5, 0.6) is 0 Å². The first kappa shape index (κ1) is 17.2. The summed E-state index contributed by atoms with van der Waals surface area (Å²) in [6.07, 6.45) is 1.37. The van der Waals surface area contributed by atoms with Gasteiger partial charge in [0.25, 0.3) is 0 Å². The van der Waals surface area contributed by atoms with Gasteiger partial charge in [0.15, 0.2) is 0 Å². The van der Waals surface area contributed by atoms with Crippen LogP contribution in [0.1, 0.15) is 26.7 Å². The zero-order valence-corrected chi connectivity index (χ0v) is 14.6. The van der Waals surface area contributed by atoms with Crippen LogP contribution >= 0.6 is 39.1 Å². The van der Waals surface area contributed by atoms with Crippen molar-refractivity contribution in [3.05, 3.63) is 28.2 Å². The van der Waals surface area contributed by atoms with Crippen molar-refractivity contribution < 1.29 is 8.42 Å². The monoisotopic (exact) mass is 387 g/mol. The molecular weight excluding hydrogens is 373 g/mol. The molecule has 1 aromatic rings. The first-order chi connectivity index (χ1) is 8.78. The minimum atomic E-state index is -3.65. The van der Waals surface area contributed by atoms with E-state index in [9.17, 15) is 8.42 Å². The van der Waals surface area contributed by atoms with Crippen LogP contribution in [-0.4, -0.2) is 19.3 Å². The standard InChI is InChI=1S/C12H16BrCl2NO2S/c1-3-12(4-2,8-13)16-19(17,18)11-6-9(14)5-10(15)7-11/h5-7,16H,3-4,8H2,1-2H3. The summed E-state index contributed by atoms with van der Waals surface area (Å²) in [5, 5.41) is 1.14. The third-order valence-electron chi connectivity index (χ3n) is 3.11. The molecule has 1 rings (SSSR count). The average Bonchev–Trinajstić information content (AvgIpc) is 2.35. The third-order valence-corrected chi connectivity index (χ3v) is 6.17. The fourth-order valence-corrected chi connectivity index (χ4v) is 5.03. The highest BCUT2D eigenvalue weighted by Gasteiger charge is 2.31. The first-order valence-corrected chi connectivity index (χ1v) is 9.20. The number of hydrogen-bond donors (Lipinski definition) is 1. The number of nitrogens with one attached hydrogen (secondary N) is 1. The summed E-state index contributed by atoms with van der Waals surface area (Å²) in [5.41, 5.74) is -0.506. The van der Waals surface area contributed by atoms with Crippen LogP contribution in [0.25, 0.3) is 0 Å². The highest BCUT2D eigenvalue weighted by atomic mass is 79.9. The lowest BCUT2D eigenvalue weighted by Gasteiger charge is -2.30. The Hall–Kier alpha value is 0.190. The van der Waals surface area contributed by atoms with E-state index in [1.54, 1.807) is 0 Å². The van der Waals surface area contributed by atoms with Gasteiger partial charge in [-0.15, -0.1) is 0 Å². The van der Waals surface area contributed by atoms with Gasteiger partial charge < -0.3 is 0 Å². The molecule has 1 N–H and O–H groups in total. The summed E-state index contributed by atoms with van der Waals surface area (Å²) in [6, 6.07) is 4.28. The maximum absolute atomic E-state index is 12.4. The molecule has 1 aromatic carbocycles. The van der Waals surface area contributed by atoms with E-state index in [0.717, 1.165) is 0 Å². The second kappa shape index (κ2) is 6.76. The van der Waals surface area contributed by atoms with Crippen molar-refractivity contribution in [1.82, 2.24) is 4.72 Å². The van der Waals surface area contributed by atoms with E-state index in [-0.39, 0.29) is 4.90 Å². The minimum absolute atomic E-state index is 0.0808. The van der Waals surface area contributed by atoms with Gasteiger partial charge in [-0.25, -0.2) is 13.1 Å². The lowest BCUT2D eigenvalue weighted by Crippen LogP contribution is -2.48. The molecule has 3 nitrogen and oxygen atoms in total. The molecule has 0 heterocycles. The van der Waals surface area contributed by atoms with Gasteiger partial charge in [0.2, 0.25) is 10.0 Å². The van der Waals surface area contributed by atoms with Crippen molar-refractivity contribution in [3.63, 3.8) is 0 Å². The van der Waals surface area contributed by atoms with Crippen LogP contribution in [0.15, 0.2) is 23.1 Å². The lowest BCUT2D eigenvalue weighted by molar-refractivity contribution is 0.398. The van der Waals surface area contributed by atoms with E-state index in [1.807, 2.05) is 13.8 Å². The van der Waals surface area contributed by atoms with Crippen LogP contribution in [0.3, 0.4) is 0 Å². The number of alkyl halides is 1. The van der Waals surface area contributed by atoms with Gasteiger partial charge in [-0.05, 0) is 31.0 Å². The van der Waals surface area contributed by atoms with E-state index < -0.39 is 15.6 Å². The Balaban J connectivity index is 3.17. The molecule has 0 saturated heterocycles. The van der Waals surface area contributed by atoms with Gasteiger partial charge in [-0.2, -0.15) is 0 Å². The van der Waals surface area contributed by atoms with Crippen LogP contribution in [-0.2, 0) is 10.0 Å². The number of sulfonamides is 1. The normalized spacial score (nSPS) is 12.7. The summed E-state index contributed by atoms with van der Waals surface area (Å²) in [7, 11) is -3.65. The van der Waals surface area contributed by atoms with Crippen molar-refractivity contribution in [1.29, 1.82) is 0 Å². The molecule has 0 fully saturated rings. The van der Waals surface area contributed by atoms with Gasteiger partial charge in [0.05, 0.1) is 4.90 Å². The fourth-order valence-electron chi connectivity index (χ4n) is 1.64. The SMILES string of the molecule is CCC(CC)(CBr)NS(=O)(=O)c1cc(Cl)cc(Cl)c1. The first-order valence-electron chi connectivity index (χ1n) is 5.84. The number of hydrogen-bond acceptors (Lipinski definition) is 2. The molecule has 7 heteroatoms. The van der Waals surface area contributed by atoms with Crippen molar-refractivity contribution in [3.8, 4) is 0 Å². The molecule has 0 saturated carbocycles. The highest BCUT2D eigenvalue weighted by molar-refractivity contribution is 9.09. The second-order valence-electron chi connectivity index (χ2n) is 4.33. The van der Waals surface area contributed by atoms with Crippen molar-refractivity contribution in [2.45, 2.75) is 37.1 Å². The predicted octanol–water partition coefficient (Wildman–Crippen LogP) is 4.23. The summed E-state index contributed by atoms with van der Waals surface area (Å²) in [6.45, 7) is 3.89. The zero-order valence-electron chi connectivity index (χ0n) is 10.7. The average molecular weight is 389 g/mol. The molecule has 0 aliphatic heterocycles. The predicted molar refractivity (Wildman–Crippen MR) is 83.9 cm³/mol. The zero-order chi connectivity index (χ0) is 14.7. The Morgan fingerprint density at radius 1 is 1.16 bits per heavy atom. The van der Waals surface area contributed by atoms with Gasteiger partial charge in [0, 0.05) is 20.9 Å². The van der Waals surface area contributed by atoms with Gasteiger partial charge in [-0.1, -0.05) is 53.0 Å². The van der Waals surface area contributed by atoms with Gasteiger partial charge in [0.1, 0.15) is 0 Å². The Morgan fingerprint density at radius 2 is 1.63 bits per heavy atom. The number of rotatable bonds is 6. The van der Waals surface area contributed by atoms with Crippen LogP contribution in [0.2, 0.25) is 10.0 Å². The number of benzene rings is 1. The molecule has 0 aromatic heterocycles. The van der Waals surface area contributed by atoms with Crippen LogP contribution in [0.4, 0.5) is 0 Å². The van der Waals surface area contributed by atoms with Crippen LogP contribution < -0.4 is 4.72 Å². The quantitative estimate of drug-likeness (QED) is 0.741. The van der Waals surface area contributed by atoms with Crippen molar-refractivity contribution in [2.24, 2.45) is 0 Å². The molecular formula is C12H16BrCl2NO2S. The molecule has 0 aliphatic rings. The lowest BCUT2D eigenvalue weighted by atomic mass is 9.97. The second-order valence-corrected chi connectivity index (χ2v) is 7.45. The Bertz CT molecular complexity index is 516. The smallest absolute Gasteiger partial charge is 0.207 e.